The number of nitrogens with zero attached hydrogens (tertiary/aromatic N) is 1. The van der Waals surface area contributed by atoms with Crippen LogP contribution in [0.2, 0.25) is 0 Å². The van der Waals surface area contributed by atoms with Gasteiger partial charge in [-0.1, -0.05) is 56.3 Å². The van der Waals surface area contributed by atoms with Gasteiger partial charge < -0.3 is 14.9 Å². The molecule has 0 aliphatic heterocycles. The number of aliphatic hydroxyl groups excluding tert-OH is 2. The summed E-state index contributed by atoms with van der Waals surface area (Å²) in [6.45, 7) is 6.03. The van der Waals surface area contributed by atoms with E-state index >= 15 is 0 Å². The van der Waals surface area contributed by atoms with Gasteiger partial charge in [-0.3, -0.25) is 9.78 Å². The normalized spacial score (nSPS) is 13.5. The zero-order chi connectivity index (χ0) is 24.0. The second-order valence-corrected chi connectivity index (χ2v) is 8.29. The maximum absolute atomic E-state index is 13.6. The van der Waals surface area contributed by atoms with Crippen LogP contribution in [-0.2, 0) is 9.53 Å². The minimum atomic E-state index is -1.01. The van der Waals surface area contributed by atoms with Crippen molar-refractivity contribution >= 4 is 22.9 Å². The van der Waals surface area contributed by atoms with Crippen molar-refractivity contribution in [1.82, 2.24) is 4.98 Å². The minimum absolute atomic E-state index is 0.000776. The molecule has 174 valence electrons. The van der Waals surface area contributed by atoms with Gasteiger partial charge in [0.05, 0.1) is 36.4 Å². The fourth-order valence-corrected chi connectivity index (χ4v) is 3.84. The molecule has 2 N–H and O–H groups in total. The van der Waals surface area contributed by atoms with Crippen molar-refractivity contribution in [2.45, 2.75) is 51.7 Å². The largest absolute Gasteiger partial charge is 0.466 e. The number of rotatable bonds is 9. The third-order valence-corrected chi connectivity index (χ3v) is 5.35. The van der Waals surface area contributed by atoms with Crippen LogP contribution in [0.5, 0.6) is 0 Å². The molecule has 0 unspecified atom stereocenters. The summed E-state index contributed by atoms with van der Waals surface area (Å²) >= 11 is 0. The number of hydrogen-bond acceptors (Lipinski definition) is 5. The quantitative estimate of drug-likeness (QED) is 0.435. The topological polar surface area (TPSA) is 79.7 Å². The van der Waals surface area contributed by atoms with E-state index < -0.39 is 18.2 Å². The van der Waals surface area contributed by atoms with Gasteiger partial charge in [0.2, 0.25) is 0 Å². The molecule has 2 aromatic carbocycles. The van der Waals surface area contributed by atoms with Gasteiger partial charge in [0.1, 0.15) is 5.82 Å². The predicted octanol–water partition coefficient (Wildman–Crippen LogP) is 5.24. The molecule has 0 radical (unpaired) electrons. The van der Waals surface area contributed by atoms with Crippen LogP contribution in [0.15, 0.2) is 54.6 Å². The Balaban J connectivity index is 2.02. The molecule has 0 fully saturated rings. The van der Waals surface area contributed by atoms with Gasteiger partial charge in [-0.05, 0) is 36.6 Å². The maximum Gasteiger partial charge on any atom is 0.308 e. The Kier molecular flexibility index (Phi) is 8.31. The Hall–Kier alpha value is -3.09. The third-order valence-electron chi connectivity index (χ3n) is 5.35. The standard InChI is InChI=1S/C27H30FNO4/c1-4-33-25(32)16-21(31)15-20(30)13-14-23-26(18-9-11-19(28)12-10-18)22-7-5-6-8-24(22)29-27(23)17(2)3/h5-14,17,20-21,30-31H,4,15-16H2,1-3H3/b14-13+/t20-,21-/m1/s1. The second kappa shape index (κ2) is 11.2. The lowest BCUT2D eigenvalue weighted by molar-refractivity contribution is -0.145. The first-order valence-corrected chi connectivity index (χ1v) is 11.2. The summed E-state index contributed by atoms with van der Waals surface area (Å²) in [7, 11) is 0. The summed E-state index contributed by atoms with van der Waals surface area (Å²) in [6, 6.07) is 14.1. The molecule has 0 aliphatic carbocycles. The number of pyridine rings is 1. The maximum atomic E-state index is 13.6. The van der Waals surface area contributed by atoms with E-state index in [4.69, 9.17) is 9.72 Å². The van der Waals surface area contributed by atoms with Gasteiger partial charge in [0.25, 0.3) is 0 Å². The SMILES string of the molecule is CCOC(=O)C[C@H](O)C[C@H](O)/C=C/c1c(C(C)C)nc2ccccc2c1-c1ccc(F)cc1. The average molecular weight is 452 g/mol. The number of esters is 1. The van der Waals surface area contributed by atoms with Gasteiger partial charge in [-0.15, -0.1) is 0 Å². The number of aliphatic hydroxyl groups is 2. The van der Waals surface area contributed by atoms with Crippen LogP contribution in [-0.4, -0.2) is 40.0 Å². The lowest BCUT2D eigenvalue weighted by Crippen LogP contribution is -2.20. The van der Waals surface area contributed by atoms with Crippen LogP contribution in [0.3, 0.4) is 0 Å². The highest BCUT2D eigenvalue weighted by molar-refractivity contribution is 5.99. The van der Waals surface area contributed by atoms with E-state index in [2.05, 4.69) is 0 Å². The molecule has 2 atom stereocenters. The third kappa shape index (κ3) is 6.24. The van der Waals surface area contributed by atoms with Crippen molar-refractivity contribution in [2.24, 2.45) is 0 Å². The van der Waals surface area contributed by atoms with Gasteiger partial charge in [0.15, 0.2) is 0 Å². The van der Waals surface area contributed by atoms with Crippen LogP contribution < -0.4 is 0 Å². The molecule has 0 amide bonds. The monoisotopic (exact) mass is 451 g/mol. The molecule has 0 saturated carbocycles. The number of carbonyl (C=O) groups is 1. The highest BCUT2D eigenvalue weighted by Crippen LogP contribution is 2.36. The zero-order valence-electron chi connectivity index (χ0n) is 19.2. The Morgan fingerprint density at radius 3 is 2.48 bits per heavy atom. The fourth-order valence-electron chi connectivity index (χ4n) is 3.84. The number of para-hydroxylation sites is 1. The van der Waals surface area contributed by atoms with Crippen molar-refractivity contribution < 1.29 is 24.1 Å². The molecule has 0 bridgehead atoms. The van der Waals surface area contributed by atoms with Gasteiger partial charge in [-0.2, -0.15) is 0 Å². The van der Waals surface area contributed by atoms with Crippen LogP contribution in [0.1, 0.15) is 50.8 Å². The van der Waals surface area contributed by atoms with Gasteiger partial charge in [0, 0.05) is 22.9 Å². The van der Waals surface area contributed by atoms with E-state index in [-0.39, 0.29) is 31.2 Å². The number of ether oxygens (including phenoxy) is 1. The molecule has 3 rings (SSSR count). The van der Waals surface area contributed by atoms with E-state index in [9.17, 15) is 19.4 Å². The van der Waals surface area contributed by atoms with Crippen LogP contribution >= 0.6 is 0 Å². The van der Waals surface area contributed by atoms with Gasteiger partial charge >= 0.3 is 5.97 Å². The van der Waals surface area contributed by atoms with E-state index in [1.54, 1.807) is 31.2 Å². The van der Waals surface area contributed by atoms with Crippen LogP contribution in [0, 0.1) is 5.82 Å². The van der Waals surface area contributed by atoms with E-state index in [0.717, 1.165) is 33.3 Å². The first kappa shape index (κ1) is 24.6. The summed E-state index contributed by atoms with van der Waals surface area (Å²) in [5.41, 5.74) is 4.26. The lowest BCUT2D eigenvalue weighted by Gasteiger charge is -2.18. The molecule has 0 spiro atoms. The highest BCUT2D eigenvalue weighted by Gasteiger charge is 2.19. The summed E-state index contributed by atoms with van der Waals surface area (Å²) < 4.78 is 18.5. The van der Waals surface area contributed by atoms with Crippen LogP contribution in [0.4, 0.5) is 4.39 Å². The number of carbonyl (C=O) groups excluding carboxylic acids is 1. The fraction of sp³-hybridized carbons (Fsp3) is 0.333. The van der Waals surface area contributed by atoms with E-state index in [1.165, 1.54) is 12.1 Å². The Morgan fingerprint density at radius 1 is 1.12 bits per heavy atom. The molecule has 6 heteroatoms. The Bertz CT molecular complexity index is 1120. The number of benzene rings is 2. The number of hydrogen-bond donors (Lipinski definition) is 2. The summed E-state index contributed by atoms with van der Waals surface area (Å²) in [5, 5.41) is 21.5. The second-order valence-electron chi connectivity index (χ2n) is 8.29. The number of fused-ring (bicyclic) bond motifs is 1. The molecule has 0 saturated heterocycles. The molecule has 1 aromatic heterocycles. The summed E-state index contributed by atoms with van der Waals surface area (Å²) in [6.07, 6.45) is 1.24. The molecule has 33 heavy (non-hydrogen) atoms. The van der Waals surface area contributed by atoms with Crippen LogP contribution in [0.25, 0.3) is 28.1 Å². The highest BCUT2D eigenvalue weighted by atomic mass is 19.1. The Morgan fingerprint density at radius 2 is 1.82 bits per heavy atom. The first-order chi connectivity index (χ1) is 15.8. The van der Waals surface area contributed by atoms with Crippen molar-refractivity contribution in [1.29, 1.82) is 0 Å². The molecule has 0 aliphatic rings. The van der Waals surface area contributed by atoms with E-state index in [1.807, 2.05) is 38.1 Å². The number of halogens is 1. The van der Waals surface area contributed by atoms with Crippen molar-refractivity contribution in [3.05, 3.63) is 71.7 Å². The lowest BCUT2D eigenvalue weighted by atomic mass is 9.90. The predicted molar refractivity (Wildman–Crippen MR) is 128 cm³/mol. The van der Waals surface area contributed by atoms with Crippen molar-refractivity contribution in [3.63, 3.8) is 0 Å². The van der Waals surface area contributed by atoms with Gasteiger partial charge in [-0.25, -0.2) is 4.39 Å². The molecule has 5 nitrogen and oxygen atoms in total. The zero-order valence-corrected chi connectivity index (χ0v) is 19.2. The average Bonchev–Trinajstić information content (AvgIpc) is 2.77. The molecule has 3 aromatic rings. The summed E-state index contributed by atoms with van der Waals surface area (Å²) in [5.74, 6) is -0.718. The molecular formula is C27H30FNO4. The van der Waals surface area contributed by atoms with E-state index in [0.29, 0.717) is 0 Å². The first-order valence-electron chi connectivity index (χ1n) is 11.2. The molecular weight excluding hydrogens is 421 g/mol. The number of aromatic nitrogens is 1. The van der Waals surface area contributed by atoms with Crippen molar-refractivity contribution in [2.75, 3.05) is 6.61 Å². The molecule has 1 heterocycles. The summed E-state index contributed by atoms with van der Waals surface area (Å²) in [4.78, 5) is 16.4. The Labute approximate surface area is 193 Å². The minimum Gasteiger partial charge on any atom is -0.466 e. The smallest absolute Gasteiger partial charge is 0.308 e. The van der Waals surface area contributed by atoms with Crippen molar-refractivity contribution in [3.8, 4) is 11.1 Å².